The molecule has 6 heteroatoms. The van der Waals surface area contributed by atoms with Crippen molar-refractivity contribution in [2.24, 2.45) is 0 Å². The van der Waals surface area contributed by atoms with Crippen molar-refractivity contribution in [1.29, 1.82) is 0 Å². The van der Waals surface area contributed by atoms with E-state index >= 15 is 0 Å². The van der Waals surface area contributed by atoms with Crippen LogP contribution in [0.2, 0.25) is 0 Å². The molecule has 0 atom stereocenters. The third-order valence-corrected chi connectivity index (χ3v) is 10.5. The molecule has 0 unspecified atom stereocenters. The van der Waals surface area contributed by atoms with Gasteiger partial charge in [-0.15, -0.1) is 0 Å². The molecule has 4 heterocycles. The number of anilines is 2. The van der Waals surface area contributed by atoms with Gasteiger partial charge in [0.1, 0.15) is 0 Å². The number of carbonyl (C=O) groups excluding carboxylic acids is 1. The number of aromatic amines is 1. The highest BCUT2D eigenvalue weighted by Gasteiger charge is 2.41. The number of hydrogen-bond donors (Lipinski definition) is 2. The van der Waals surface area contributed by atoms with Crippen molar-refractivity contribution in [2.45, 2.75) is 77.3 Å². The van der Waals surface area contributed by atoms with Crippen LogP contribution in [0.15, 0.2) is 36.4 Å². The lowest BCUT2D eigenvalue weighted by Gasteiger charge is -2.40. The fraction of sp³-hybridized carbons (Fsp3) is 0.514. The zero-order chi connectivity index (χ0) is 28.5. The zero-order valence-electron chi connectivity index (χ0n) is 25.2. The molecule has 0 amide bonds. The van der Waals surface area contributed by atoms with Crippen LogP contribution in [-0.4, -0.2) is 71.9 Å². The number of nitrogen functional groups attached to an aromatic ring is 1. The Morgan fingerprint density at radius 3 is 2.41 bits per heavy atom. The number of hydrogen-bond acceptors (Lipinski definition) is 5. The van der Waals surface area contributed by atoms with Gasteiger partial charge in [-0.25, -0.2) is 0 Å². The Kier molecular flexibility index (Phi) is 6.55. The Morgan fingerprint density at radius 2 is 1.73 bits per heavy atom. The number of rotatable bonds is 4. The van der Waals surface area contributed by atoms with Gasteiger partial charge < -0.3 is 20.5 Å². The Labute approximate surface area is 244 Å². The molecule has 3 aromatic rings. The summed E-state index contributed by atoms with van der Waals surface area (Å²) in [4.78, 5) is 25.8. The highest BCUT2D eigenvalue weighted by Crippen LogP contribution is 2.47. The number of nitrogens with one attached hydrogen (secondary N) is 1. The van der Waals surface area contributed by atoms with Crippen LogP contribution < -0.4 is 10.6 Å². The van der Waals surface area contributed by atoms with E-state index in [9.17, 15) is 4.79 Å². The fourth-order valence-electron chi connectivity index (χ4n) is 7.98. The molecule has 41 heavy (non-hydrogen) atoms. The van der Waals surface area contributed by atoms with E-state index in [1.165, 1.54) is 55.6 Å². The lowest BCUT2D eigenvalue weighted by molar-refractivity contribution is 0.103. The standard InChI is InChI=1S/C35H45N5O/c1-22(2)38-15-9-23(10-16-38)27-20-28-29(21-31(27)40-17-11-25(12-18-40)39-13-5-6-14-39)35(3,4)34-32(33(28)41)26-8-7-24(36)19-30(26)37-34/h7-9,19-22,25,37H,5-6,10-18,36H2,1-4H3. The minimum atomic E-state index is -0.330. The number of nitrogens with two attached hydrogens (primary N) is 1. The van der Waals surface area contributed by atoms with E-state index in [0.29, 0.717) is 17.8 Å². The van der Waals surface area contributed by atoms with Crippen molar-refractivity contribution < 1.29 is 4.79 Å². The fourth-order valence-corrected chi connectivity index (χ4v) is 7.98. The van der Waals surface area contributed by atoms with Crippen molar-refractivity contribution in [3.63, 3.8) is 0 Å². The van der Waals surface area contributed by atoms with E-state index in [4.69, 9.17) is 5.73 Å². The Morgan fingerprint density at radius 1 is 0.976 bits per heavy atom. The van der Waals surface area contributed by atoms with E-state index in [0.717, 1.165) is 65.9 Å². The Hall–Kier alpha value is -3.09. The van der Waals surface area contributed by atoms with Crippen molar-refractivity contribution in [2.75, 3.05) is 49.9 Å². The molecule has 0 radical (unpaired) electrons. The number of piperidine rings is 1. The molecule has 0 spiro atoms. The van der Waals surface area contributed by atoms with Crippen molar-refractivity contribution in [1.82, 2.24) is 14.8 Å². The average molecular weight is 552 g/mol. The predicted molar refractivity (Wildman–Crippen MR) is 170 cm³/mol. The summed E-state index contributed by atoms with van der Waals surface area (Å²) < 4.78 is 0. The molecule has 1 aromatic heterocycles. The molecular formula is C35H45N5O. The maximum Gasteiger partial charge on any atom is 0.195 e. The molecule has 216 valence electrons. The monoisotopic (exact) mass is 551 g/mol. The third kappa shape index (κ3) is 4.42. The van der Waals surface area contributed by atoms with Crippen LogP contribution in [0.1, 0.15) is 92.5 Å². The number of carbonyl (C=O) groups is 1. The smallest absolute Gasteiger partial charge is 0.195 e. The maximum atomic E-state index is 14.3. The van der Waals surface area contributed by atoms with Crippen LogP contribution in [0.4, 0.5) is 11.4 Å². The largest absolute Gasteiger partial charge is 0.399 e. The van der Waals surface area contributed by atoms with E-state index in [1.54, 1.807) is 0 Å². The highest BCUT2D eigenvalue weighted by atomic mass is 16.1. The van der Waals surface area contributed by atoms with Gasteiger partial charge in [0.15, 0.2) is 5.78 Å². The summed E-state index contributed by atoms with van der Waals surface area (Å²) >= 11 is 0. The molecule has 7 rings (SSSR count). The van der Waals surface area contributed by atoms with Gasteiger partial charge in [-0.2, -0.15) is 0 Å². The first-order chi connectivity index (χ1) is 19.7. The number of nitrogens with zero attached hydrogens (tertiary/aromatic N) is 3. The van der Waals surface area contributed by atoms with Gasteiger partial charge in [-0.1, -0.05) is 26.0 Å². The Bertz CT molecular complexity index is 1530. The first kappa shape index (κ1) is 26.8. The summed E-state index contributed by atoms with van der Waals surface area (Å²) in [5, 5.41) is 0.969. The Balaban J connectivity index is 1.32. The van der Waals surface area contributed by atoms with Crippen molar-refractivity contribution in [3.8, 4) is 0 Å². The minimum absolute atomic E-state index is 0.131. The van der Waals surface area contributed by atoms with Crippen molar-refractivity contribution in [3.05, 3.63) is 64.4 Å². The second-order valence-electron chi connectivity index (χ2n) is 13.6. The van der Waals surface area contributed by atoms with Gasteiger partial charge >= 0.3 is 0 Å². The van der Waals surface area contributed by atoms with Gasteiger partial charge in [0.05, 0.1) is 5.56 Å². The molecule has 2 fully saturated rings. The van der Waals surface area contributed by atoms with Crippen LogP contribution in [0.25, 0.3) is 16.5 Å². The molecule has 2 aromatic carbocycles. The van der Waals surface area contributed by atoms with Crippen LogP contribution in [-0.2, 0) is 5.41 Å². The molecule has 0 saturated carbocycles. The van der Waals surface area contributed by atoms with Crippen LogP contribution in [0.5, 0.6) is 0 Å². The van der Waals surface area contributed by atoms with E-state index in [-0.39, 0.29) is 11.2 Å². The van der Waals surface area contributed by atoms with Gasteiger partial charge in [0, 0.05) is 82.8 Å². The summed E-state index contributed by atoms with van der Waals surface area (Å²) in [6.45, 7) is 15.8. The zero-order valence-corrected chi connectivity index (χ0v) is 25.2. The number of ketones is 1. The summed E-state index contributed by atoms with van der Waals surface area (Å²) in [6.07, 6.45) is 8.57. The second-order valence-corrected chi connectivity index (χ2v) is 13.6. The van der Waals surface area contributed by atoms with Crippen molar-refractivity contribution >= 4 is 33.6 Å². The topological polar surface area (TPSA) is 68.6 Å². The molecule has 3 aliphatic heterocycles. The second kappa shape index (κ2) is 10.0. The molecule has 1 aliphatic carbocycles. The summed E-state index contributed by atoms with van der Waals surface area (Å²) in [7, 11) is 0. The van der Waals surface area contributed by atoms with Gasteiger partial charge in [-0.05, 0) is 94.4 Å². The SMILES string of the molecule is CC(C)N1CC=C(c2cc3c(cc2N2CCC(N4CCCC4)CC2)C(C)(C)c2[nH]c4cc(N)ccc4c2C3=O)CC1. The van der Waals surface area contributed by atoms with Gasteiger partial charge in [0.25, 0.3) is 0 Å². The summed E-state index contributed by atoms with van der Waals surface area (Å²) in [5.41, 5.74) is 15.2. The van der Waals surface area contributed by atoms with Crippen LogP contribution in [0.3, 0.4) is 0 Å². The number of aromatic nitrogens is 1. The lowest BCUT2D eigenvalue weighted by Crippen LogP contribution is -2.44. The summed E-state index contributed by atoms with van der Waals surface area (Å²) in [6, 6.07) is 11.8. The molecule has 2 saturated heterocycles. The average Bonchev–Trinajstić information content (AvgIpc) is 3.65. The third-order valence-electron chi connectivity index (χ3n) is 10.5. The quantitative estimate of drug-likeness (QED) is 0.379. The van der Waals surface area contributed by atoms with E-state index < -0.39 is 0 Å². The summed E-state index contributed by atoms with van der Waals surface area (Å²) in [5.74, 6) is 0.131. The number of benzene rings is 2. The molecule has 0 bridgehead atoms. The molecular weight excluding hydrogens is 506 g/mol. The van der Waals surface area contributed by atoms with Crippen LogP contribution in [0, 0.1) is 0 Å². The molecule has 4 aliphatic rings. The minimum Gasteiger partial charge on any atom is -0.399 e. The normalized spacial score (nSPS) is 21.9. The molecule has 3 N–H and O–H groups in total. The number of H-pyrrole nitrogens is 1. The van der Waals surface area contributed by atoms with E-state index in [1.807, 2.05) is 18.2 Å². The highest BCUT2D eigenvalue weighted by molar-refractivity contribution is 6.20. The van der Waals surface area contributed by atoms with E-state index in [2.05, 4.69) is 65.6 Å². The van der Waals surface area contributed by atoms with Gasteiger partial charge in [0.2, 0.25) is 0 Å². The first-order valence-corrected chi connectivity index (χ1v) is 15.8. The number of fused-ring (bicyclic) bond motifs is 4. The van der Waals surface area contributed by atoms with Gasteiger partial charge in [-0.3, -0.25) is 9.69 Å². The lowest BCUT2D eigenvalue weighted by atomic mass is 9.70. The van der Waals surface area contributed by atoms with Crippen LogP contribution >= 0.6 is 0 Å². The molecule has 6 nitrogen and oxygen atoms in total. The number of likely N-dealkylation sites (tertiary alicyclic amines) is 1. The predicted octanol–water partition coefficient (Wildman–Crippen LogP) is 6.18. The first-order valence-electron chi connectivity index (χ1n) is 15.8. The maximum absolute atomic E-state index is 14.3.